The summed E-state index contributed by atoms with van der Waals surface area (Å²) < 4.78 is 10.1. The number of carbonyl (C=O) groups excluding carboxylic acids is 1. The molecule has 0 aromatic rings. The highest BCUT2D eigenvalue weighted by Crippen LogP contribution is 2.23. The lowest BCUT2D eigenvalue weighted by molar-refractivity contribution is -0.246. The molecule has 0 spiro atoms. The van der Waals surface area contributed by atoms with Crippen LogP contribution in [0.5, 0.6) is 0 Å². The first-order valence-electron chi connectivity index (χ1n) is 6.36. The van der Waals surface area contributed by atoms with Gasteiger partial charge >= 0.3 is 5.97 Å². The van der Waals surface area contributed by atoms with Crippen LogP contribution in [-0.2, 0) is 14.3 Å². The van der Waals surface area contributed by atoms with Crippen molar-refractivity contribution in [3.05, 3.63) is 0 Å². The van der Waals surface area contributed by atoms with Crippen LogP contribution in [0.2, 0.25) is 0 Å². The number of hydrogen-bond donors (Lipinski definition) is 3. The first-order chi connectivity index (χ1) is 8.53. The summed E-state index contributed by atoms with van der Waals surface area (Å²) in [5, 5.41) is 28.3. The summed E-state index contributed by atoms with van der Waals surface area (Å²) in [6.07, 6.45) is -2.65. The molecule has 0 amide bonds. The molecule has 3 N–H and O–H groups in total. The summed E-state index contributed by atoms with van der Waals surface area (Å²) >= 11 is 0. The van der Waals surface area contributed by atoms with Crippen LogP contribution in [0.15, 0.2) is 0 Å². The Morgan fingerprint density at radius 3 is 2.50 bits per heavy atom. The van der Waals surface area contributed by atoms with Gasteiger partial charge in [-0.05, 0) is 12.8 Å². The minimum Gasteiger partial charge on any atom is -0.459 e. The lowest BCUT2D eigenvalue weighted by Crippen LogP contribution is -2.51. The average Bonchev–Trinajstić information content (AvgIpc) is 2.34. The SMILES string of the molecule is CCC(CC)C(=O)OC1CC(O)OC(CO)C1O. The molecule has 1 aliphatic rings. The van der Waals surface area contributed by atoms with E-state index in [0.29, 0.717) is 12.8 Å². The molecule has 18 heavy (non-hydrogen) atoms. The summed E-state index contributed by atoms with van der Waals surface area (Å²) in [4.78, 5) is 11.8. The normalized spacial score (nSPS) is 32.6. The Morgan fingerprint density at radius 2 is 2.00 bits per heavy atom. The van der Waals surface area contributed by atoms with Gasteiger partial charge in [0.1, 0.15) is 18.3 Å². The topological polar surface area (TPSA) is 96.2 Å². The molecular weight excluding hydrogens is 240 g/mol. The van der Waals surface area contributed by atoms with Gasteiger partial charge in [-0.3, -0.25) is 4.79 Å². The molecule has 106 valence electrons. The van der Waals surface area contributed by atoms with Crippen LogP contribution in [-0.4, -0.2) is 52.5 Å². The van der Waals surface area contributed by atoms with Crippen molar-refractivity contribution in [1.29, 1.82) is 0 Å². The molecular formula is C12H22O6. The average molecular weight is 262 g/mol. The van der Waals surface area contributed by atoms with E-state index in [0.717, 1.165) is 0 Å². The van der Waals surface area contributed by atoms with Crippen LogP contribution in [0.1, 0.15) is 33.1 Å². The second kappa shape index (κ2) is 7.04. The fourth-order valence-electron chi connectivity index (χ4n) is 2.05. The second-order valence-electron chi connectivity index (χ2n) is 4.53. The third kappa shape index (κ3) is 3.65. The lowest BCUT2D eigenvalue weighted by atomic mass is 10.0. The van der Waals surface area contributed by atoms with Crippen LogP contribution >= 0.6 is 0 Å². The molecule has 6 nitrogen and oxygen atoms in total. The number of carbonyl (C=O) groups is 1. The Labute approximate surface area is 107 Å². The van der Waals surface area contributed by atoms with Crippen molar-refractivity contribution in [2.45, 2.75) is 57.7 Å². The summed E-state index contributed by atoms with van der Waals surface area (Å²) in [6.45, 7) is 3.35. The van der Waals surface area contributed by atoms with E-state index in [2.05, 4.69) is 0 Å². The van der Waals surface area contributed by atoms with Gasteiger partial charge in [-0.1, -0.05) is 13.8 Å². The Bertz CT molecular complexity index is 265. The summed E-state index contributed by atoms with van der Waals surface area (Å²) in [7, 11) is 0. The van der Waals surface area contributed by atoms with E-state index in [1.54, 1.807) is 0 Å². The minimum atomic E-state index is -1.13. The van der Waals surface area contributed by atoms with Gasteiger partial charge in [0.25, 0.3) is 0 Å². The van der Waals surface area contributed by atoms with Crippen LogP contribution in [0, 0.1) is 5.92 Å². The highest BCUT2D eigenvalue weighted by atomic mass is 16.6. The van der Waals surface area contributed by atoms with Crippen molar-refractivity contribution < 1.29 is 29.6 Å². The molecule has 0 aromatic heterocycles. The number of rotatable bonds is 5. The number of ether oxygens (including phenoxy) is 2. The summed E-state index contributed by atoms with van der Waals surface area (Å²) in [6, 6.07) is 0. The van der Waals surface area contributed by atoms with Crippen molar-refractivity contribution in [2.24, 2.45) is 5.92 Å². The predicted molar refractivity (Wildman–Crippen MR) is 62.5 cm³/mol. The number of hydrogen-bond acceptors (Lipinski definition) is 6. The molecule has 1 saturated heterocycles. The van der Waals surface area contributed by atoms with Gasteiger partial charge in [-0.25, -0.2) is 0 Å². The van der Waals surface area contributed by atoms with Gasteiger partial charge < -0.3 is 24.8 Å². The van der Waals surface area contributed by atoms with Crippen LogP contribution < -0.4 is 0 Å². The first kappa shape index (κ1) is 15.4. The molecule has 1 heterocycles. The standard InChI is InChI=1S/C12H22O6/c1-3-7(4-2)12(16)18-8-5-10(14)17-9(6-13)11(8)15/h7-11,13-15H,3-6H2,1-2H3. The Hall–Kier alpha value is -0.690. The maximum atomic E-state index is 11.8. The van der Waals surface area contributed by atoms with Crippen molar-refractivity contribution in [3.63, 3.8) is 0 Å². The molecule has 0 saturated carbocycles. The van der Waals surface area contributed by atoms with Crippen molar-refractivity contribution >= 4 is 5.97 Å². The molecule has 1 fully saturated rings. The van der Waals surface area contributed by atoms with Crippen molar-refractivity contribution in [2.75, 3.05) is 6.61 Å². The fourth-order valence-corrected chi connectivity index (χ4v) is 2.05. The molecule has 4 unspecified atom stereocenters. The Kier molecular flexibility index (Phi) is 6.01. The molecule has 0 aliphatic carbocycles. The maximum absolute atomic E-state index is 11.8. The van der Waals surface area contributed by atoms with E-state index in [1.807, 2.05) is 13.8 Å². The van der Waals surface area contributed by atoms with E-state index in [9.17, 15) is 15.0 Å². The Morgan fingerprint density at radius 1 is 1.39 bits per heavy atom. The van der Waals surface area contributed by atoms with Gasteiger partial charge in [-0.2, -0.15) is 0 Å². The lowest BCUT2D eigenvalue weighted by Gasteiger charge is -2.36. The first-order valence-corrected chi connectivity index (χ1v) is 6.36. The predicted octanol–water partition coefficient (Wildman–Crippen LogP) is -0.205. The molecule has 1 aliphatic heterocycles. The van der Waals surface area contributed by atoms with Gasteiger partial charge in [0, 0.05) is 6.42 Å². The van der Waals surface area contributed by atoms with Crippen LogP contribution in [0.4, 0.5) is 0 Å². The number of aliphatic hydroxyl groups excluding tert-OH is 3. The Balaban J connectivity index is 2.61. The smallest absolute Gasteiger partial charge is 0.309 e. The molecule has 0 bridgehead atoms. The van der Waals surface area contributed by atoms with Gasteiger partial charge in [-0.15, -0.1) is 0 Å². The monoisotopic (exact) mass is 262 g/mol. The second-order valence-corrected chi connectivity index (χ2v) is 4.53. The molecule has 6 heteroatoms. The number of esters is 1. The van der Waals surface area contributed by atoms with E-state index in [4.69, 9.17) is 14.6 Å². The van der Waals surface area contributed by atoms with E-state index >= 15 is 0 Å². The zero-order valence-corrected chi connectivity index (χ0v) is 10.8. The maximum Gasteiger partial charge on any atom is 0.309 e. The van der Waals surface area contributed by atoms with Crippen molar-refractivity contribution in [3.8, 4) is 0 Å². The molecule has 1 rings (SSSR count). The molecule has 4 atom stereocenters. The van der Waals surface area contributed by atoms with E-state index < -0.39 is 31.2 Å². The summed E-state index contributed by atoms with van der Waals surface area (Å²) in [5.41, 5.74) is 0. The fraction of sp³-hybridized carbons (Fsp3) is 0.917. The highest BCUT2D eigenvalue weighted by Gasteiger charge is 2.39. The summed E-state index contributed by atoms with van der Waals surface area (Å²) in [5.74, 6) is -0.584. The van der Waals surface area contributed by atoms with E-state index in [1.165, 1.54) is 0 Å². The van der Waals surface area contributed by atoms with Gasteiger partial charge in [0.2, 0.25) is 0 Å². The van der Waals surface area contributed by atoms with E-state index in [-0.39, 0.29) is 18.3 Å². The minimum absolute atomic E-state index is 0.0174. The zero-order chi connectivity index (χ0) is 13.7. The number of aliphatic hydroxyl groups is 3. The highest BCUT2D eigenvalue weighted by molar-refractivity contribution is 5.72. The largest absolute Gasteiger partial charge is 0.459 e. The third-order valence-electron chi connectivity index (χ3n) is 3.29. The molecule has 0 radical (unpaired) electrons. The van der Waals surface area contributed by atoms with Gasteiger partial charge in [0.05, 0.1) is 12.5 Å². The van der Waals surface area contributed by atoms with Crippen molar-refractivity contribution in [1.82, 2.24) is 0 Å². The third-order valence-corrected chi connectivity index (χ3v) is 3.29. The molecule has 0 aromatic carbocycles. The zero-order valence-electron chi connectivity index (χ0n) is 10.8. The van der Waals surface area contributed by atoms with Crippen LogP contribution in [0.3, 0.4) is 0 Å². The quantitative estimate of drug-likeness (QED) is 0.594. The van der Waals surface area contributed by atoms with Crippen LogP contribution in [0.25, 0.3) is 0 Å². The van der Waals surface area contributed by atoms with Gasteiger partial charge in [0.15, 0.2) is 6.29 Å².